The van der Waals surface area contributed by atoms with Crippen LogP contribution >= 0.6 is 0 Å². The summed E-state index contributed by atoms with van der Waals surface area (Å²) in [4.78, 5) is 18.9. The fourth-order valence-corrected chi connectivity index (χ4v) is 4.35. The molecule has 3 atom stereocenters. The number of amides is 1. The number of carbonyl (C=O) groups is 1. The second-order valence-corrected chi connectivity index (χ2v) is 7.39. The molecule has 3 saturated heterocycles. The van der Waals surface area contributed by atoms with Gasteiger partial charge in [0.05, 0.1) is 6.61 Å². The zero-order valence-electron chi connectivity index (χ0n) is 14.2. The fraction of sp³-hybridized carbons (Fsp3) is 0.941. The van der Waals surface area contributed by atoms with Crippen LogP contribution in [-0.2, 0) is 9.53 Å². The monoisotopic (exact) mass is 309 g/mol. The Morgan fingerprint density at radius 1 is 1.18 bits per heavy atom. The summed E-state index contributed by atoms with van der Waals surface area (Å²) in [5.41, 5.74) is 0. The Hall–Kier alpha value is -0.650. The molecule has 0 aliphatic carbocycles. The molecule has 0 unspecified atom stereocenters. The molecule has 0 bridgehead atoms. The Balaban J connectivity index is 1.52. The van der Waals surface area contributed by atoms with E-state index < -0.39 is 0 Å². The van der Waals surface area contributed by atoms with Crippen molar-refractivity contribution in [2.45, 2.75) is 32.7 Å². The smallest absolute Gasteiger partial charge is 0.219 e. The maximum Gasteiger partial charge on any atom is 0.219 e. The molecule has 0 aromatic heterocycles. The van der Waals surface area contributed by atoms with E-state index in [0.29, 0.717) is 6.04 Å². The van der Waals surface area contributed by atoms with Crippen molar-refractivity contribution in [2.75, 3.05) is 59.0 Å². The van der Waals surface area contributed by atoms with Gasteiger partial charge in [-0.15, -0.1) is 0 Å². The average molecular weight is 309 g/mol. The van der Waals surface area contributed by atoms with Crippen LogP contribution in [0.4, 0.5) is 0 Å². The van der Waals surface area contributed by atoms with Gasteiger partial charge in [0.2, 0.25) is 5.91 Å². The van der Waals surface area contributed by atoms with Gasteiger partial charge < -0.3 is 14.5 Å². The number of hydrogen-bond donors (Lipinski definition) is 0. The highest BCUT2D eigenvalue weighted by Crippen LogP contribution is 2.25. The third-order valence-corrected chi connectivity index (χ3v) is 5.63. The second kappa shape index (κ2) is 7.28. The molecule has 3 fully saturated rings. The lowest BCUT2D eigenvalue weighted by molar-refractivity contribution is -0.128. The third-order valence-electron chi connectivity index (χ3n) is 5.63. The molecule has 5 nitrogen and oxygen atoms in total. The number of hydrogen-bond acceptors (Lipinski definition) is 4. The van der Waals surface area contributed by atoms with Crippen LogP contribution in [0.1, 0.15) is 26.7 Å². The highest BCUT2D eigenvalue weighted by atomic mass is 16.5. The highest BCUT2D eigenvalue weighted by Gasteiger charge is 2.35. The van der Waals surface area contributed by atoms with Crippen LogP contribution in [0, 0.1) is 11.8 Å². The Bertz CT molecular complexity index is 384. The summed E-state index contributed by atoms with van der Waals surface area (Å²) in [5.74, 6) is 1.69. The number of likely N-dealkylation sites (tertiary alicyclic amines) is 1. The average Bonchev–Trinajstić information content (AvgIpc) is 3.03. The molecule has 0 aromatic rings. The number of nitrogens with zero attached hydrogens (tertiary/aromatic N) is 3. The van der Waals surface area contributed by atoms with E-state index in [0.717, 1.165) is 57.6 Å². The first-order valence-corrected chi connectivity index (χ1v) is 8.93. The van der Waals surface area contributed by atoms with Gasteiger partial charge in [-0.25, -0.2) is 0 Å². The van der Waals surface area contributed by atoms with Gasteiger partial charge in [0.25, 0.3) is 0 Å². The molecule has 0 aromatic carbocycles. The minimum atomic E-state index is 0.226. The van der Waals surface area contributed by atoms with Crippen LogP contribution in [0.25, 0.3) is 0 Å². The maximum atomic E-state index is 11.6. The first kappa shape index (κ1) is 16.2. The van der Waals surface area contributed by atoms with Crippen LogP contribution in [0.3, 0.4) is 0 Å². The molecule has 22 heavy (non-hydrogen) atoms. The largest absolute Gasteiger partial charge is 0.381 e. The first-order valence-electron chi connectivity index (χ1n) is 8.93. The normalized spacial score (nSPS) is 35.0. The van der Waals surface area contributed by atoms with E-state index in [4.69, 9.17) is 4.74 Å². The first-order chi connectivity index (χ1) is 10.6. The number of carbonyl (C=O) groups excluding carboxylic acids is 1. The van der Waals surface area contributed by atoms with E-state index in [1.807, 2.05) is 4.90 Å². The van der Waals surface area contributed by atoms with E-state index in [1.165, 1.54) is 26.1 Å². The standard InChI is InChI=1S/C17H31N3O2/c1-14-10-18(11-16-4-9-22-13-16)12-17(14)20-6-3-5-19(7-8-20)15(2)21/h14,16-17H,3-13H2,1-2H3/t14-,16-,17-/m1/s1. The molecule has 1 amide bonds. The summed E-state index contributed by atoms with van der Waals surface area (Å²) in [6.07, 6.45) is 2.34. The summed E-state index contributed by atoms with van der Waals surface area (Å²) < 4.78 is 5.51. The zero-order chi connectivity index (χ0) is 15.5. The van der Waals surface area contributed by atoms with Crippen LogP contribution in [0.15, 0.2) is 0 Å². The van der Waals surface area contributed by atoms with Crippen molar-refractivity contribution in [3.8, 4) is 0 Å². The van der Waals surface area contributed by atoms with Crippen molar-refractivity contribution in [1.29, 1.82) is 0 Å². The molecule has 3 rings (SSSR count). The quantitative estimate of drug-likeness (QED) is 0.776. The second-order valence-electron chi connectivity index (χ2n) is 7.39. The molecule has 3 aliphatic rings. The van der Waals surface area contributed by atoms with Crippen molar-refractivity contribution >= 4 is 5.91 Å². The van der Waals surface area contributed by atoms with Gasteiger partial charge in [0.15, 0.2) is 0 Å². The number of ether oxygens (including phenoxy) is 1. The molecule has 3 aliphatic heterocycles. The molecule has 126 valence electrons. The molecule has 5 heteroatoms. The van der Waals surface area contributed by atoms with E-state index in [1.54, 1.807) is 6.92 Å². The Kier molecular flexibility index (Phi) is 5.37. The summed E-state index contributed by atoms with van der Waals surface area (Å²) in [5, 5.41) is 0. The van der Waals surface area contributed by atoms with Gasteiger partial charge in [-0.3, -0.25) is 9.69 Å². The lowest BCUT2D eigenvalue weighted by Gasteiger charge is -2.30. The minimum absolute atomic E-state index is 0.226. The van der Waals surface area contributed by atoms with Crippen molar-refractivity contribution < 1.29 is 9.53 Å². The van der Waals surface area contributed by atoms with E-state index in [2.05, 4.69) is 16.7 Å². The molecule has 0 N–H and O–H groups in total. The maximum absolute atomic E-state index is 11.6. The highest BCUT2D eigenvalue weighted by molar-refractivity contribution is 5.73. The van der Waals surface area contributed by atoms with Crippen LogP contribution in [0.2, 0.25) is 0 Å². The summed E-state index contributed by atoms with van der Waals surface area (Å²) >= 11 is 0. The molecule has 0 saturated carbocycles. The van der Waals surface area contributed by atoms with Crippen LogP contribution in [-0.4, -0.2) is 85.7 Å². The van der Waals surface area contributed by atoms with Crippen LogP contribution < -0.4 is 0 Å². The molecule has 3 heterocycles. The zero-order valence-corrected chi connectivity index (χ0v) is 14.2. The van der Waals surface area contributed by atoms with Crippen molar-refractivity contribution in [3.63, 3.8) is 0 Å². The van der Waals surface area contributed by atoms with E-state index in [9.17, 15) is 4.79 Å². The molecule has 0 radical (unpaired) electrons. The Labute approximate surface area is 134 Å². The van der Waals surface area contributed by atoms with Gasteiger partial charge in [-0.05, 0) is 24.7 Å². The summed E-state index contributed by atoms with van der Waals surface area (Å²) in [6, 6.07) is 0.661. The topological polar surface area (TPSA) is 36.0 Å². The predicted octanol–water partition coefficient (Wildman–Crippen LogP) is 0.897. The Morgan fingerprint density at radius 2 is 2.05 bits per heavy atom. The fourth-order valence-electron chi connectivity index (χ4n) is 4.35. The SMILES string of the molecule is CC(=O)N1CCCN([C@@H]2CN(C[C@H]3CCOC3)C[C@H]2C)CC1. The third kappa shape index (κ3) is 3.81. The molecular formula is C17H31N3O2. The lowest BCUT2D eigenvalue weighted by atomic mass is 10.0. The van der Waals surface area contributed by atoms with Crippen molar-refractivity contribution in [1.82, 2.24) is 14.7 Å². The Morgan fingerprint density at radius 3 is 2.77 bits per heavy atom. The van der Waals surface area contributed by atoms with E-state index >= 15 is 0 Å². The van der Waals surface area contributed by atoms with Gasteiger partial charge in [-0.2, -0.15) is 0 Å². The molecule has 0 spiro atoms. The van der Waals surface area contributed by atoms with Crippen LogP contribution in [0.5, 0.6) is 0 Å². The summed E-state index contributed by atoms with van der Waals surface area (Å²) in [6.45, 7) is 13.6. The predicted molar refractivity (Wildman–Crippen MR) is 86.8 cm³/mol. The van der Waals surface area contributed by atoms with E-state index in [-0.39, 0.29) is 5.91 Å². The molecular weight excluding hydrogens is 278 g/mol. The van der Waals surface area contributed by atoms with Gasteiger partial charge >= 0.3 is 0 Å². The van der Waals surface area contributed by atoms with Gasteiger partial charge in [0.1, 0.15) is 0 Å². The van der Waals surface area contributed by atoms with Crippen molar-refractivity contribution in [2.24, 2.45) is 11.8 Å². The van der Waals surface area contributed by atoms with Gasteiger partial charge in [0, 0.05) is 65.4 Å². The van der Waals surface area contributed by atoms with Gasteiger partial charge in [-0.1, -0.05) is 6.92 Å². The summed E-state index contributed by atoms with van der Waals surface area (Å²) in [7, 11) is 0. The van der Waals surface area contributed by atoms with Crippen molar-refractivity contribution in [3.05, 3.63) is 0 Å². The lowest BCUT2D eigenvalue weighted by Crippen LogP contribution is -2.43. The minimum Gasteiger partial charge on any atom is -0.381 e. The number of rotatable bonds is 3.